The standard InChI is InChI=1S/C31H39F7N4O2/c1-19-14-25(32)6-5-7-27(19)28-18-26(41-12-10-40(11-13-41)21(3)43)8-9-42(28)29(44)39(4)20(2)22-15-23(30(33,34)35)17-24(16-22)31(36,37)38/h5-6,14-15,17,20,24,26,28H,7-13,16,18H2,1-4H3. The number of piperidine rings is 1. The maximum atomic E-state index is 14.3. The highest BCUT2D eigenvalue weighted by Crippen LogP contribution is 2.42. The van der Waals surface area contributed by atoms with Crippen LogP contribution in [0.5, 0.6) is 0 Å². The topological polar surface area (TPSA) is 47.1 Å². The molecule has 0 aromatic rings. The first-order valence-corrected chi connectivity index (χ1v) is 14.8. The summed E-state index contributed by atoms with van der Waals surface area (Å²) in [5.74, 6) is -2.73. The number of halogens is 7. The minimum Gasteiger partial charge on any atom is -0.340 e. The number of likely N-dealkylation sites (N-methyl/N-ethyl adjacent to an activating group) is 1. The van der Waals surface area contributed by atoms with Crippen LogP contribution in [0.1, 0.15) is 46.5 Å². The molecule has 4 rings (SSSR count). The third kappa shape index (κ3) is 7.58. The first-order chi connectivity index (χ1) is 20.5. The number of rotatable bonds is 4. The van der Waals surface area contributed by atoms with Gasteiger partial charge in [-0.3, -0.25) is 9.69 Å². The SMILES string of the molecule is CC(=O)N1CCN(C2CCN(C(=O)N(C)C(C)C3=CC(C(F)(F)F)=CC(C(F)(F)F)C3)C(C3=C(C)C=C(F)C=CC3)C2)CC1. The number of urea groups is 1. The van der Waals surface area contributed by atoms with E-state index >= 15 is 0 Å². The van der Waals surface area contributed by atoms with Crippen molar-refractivity contribution in [1.29, 1.82) is 0 Å². The minimum absolute atomic E-state index is 0.00687. The number of hydrogen-bond donors (Lipinski definition) is 0. The number of carbonyl (C=O) groups excluding carboxylic acids is 2. The van der Waals surface area contributed by atoms with Gasteiger partial charge in [-0.05, 0) is 74.5 Å². The van der Waals surface area contributed by atoms with Crippen molar-refractivity contribution in [3.8, 4) is 0 Å². The van der Waals surface area contributed by atoms with Crippen molar-refractivity contribution in [2.45, 2.75) is 76.9 Å². The molecule has 0 aromatic carbocycles. The van der Waals surface area contributed by atoms with Gasteiger partial charge in [0, 0.05) is 52.7 Å². The Bertz CT molecular complexity index is 1270. The van der Waals surface area contributed by atoms with Crippen molar-refractivity contribution < 1.29 is 40.3 Å². The van der Waals surface area contributed by atoms with Crippen LogP contribution in [0.15, 0.2) is 58.5 Å². The second kappa shape index (κ2) is 13.1. The summed E-state index contributed by atoms with van der Waals surface area (Å²) >= 11 is 0. The molecule has 2 fully saturated rings. The highest BCUT2D eigenvalue weighted by Gasteiger charge is 2.46. The molecule has 2 aliphatic heterocycles. The van der Waals surface area contributed by atoms with Crippen molar-refractivity contribution in [3.63, 3.8) is 0 Å². The van der Waals surface area contributed by atoms with E-state index in [1.807, 2.05) is 0 Å². The van der Waals surface area contributed by atoms with Crippen LogP contribution in [0, 0.1) is 5.92 Å². The van der Waals surface area contributed by atoms with E-state index in [0.29, 0.717) is 57.6 Å². The summed E-state index contributed by atoms with van der Waals surface area (Å²) in [4.78, 5) is 32.7. The van der Waals surface area contributed by atoms with E-state index < -0.39 is 54.2 Å². The molecule has 0 bridgehead atoms. The van der Waals surface area contributed by atoms with Crippen molar-refractivity contribution in [3.05, 3.63) is 58.5 Å². The Morgan fingerprint density at radius 1 is 1.02 bits per heavy atom. The highest BCUT2D eigenvalue weighted by molar-refractivity contribution is 5.76. The molecular formula is C31H39F7N4O2. The van der Waals surface area contributed by atoms with E-state index in [0.717, 1.165) is 11.6 Å². The fourth-order valence-corrected chi connectivity index (χ4v) is 6.58. The molecule has 13 heteroatoms. The lowest BCUT2D eigenvalue weighted by molar-refractivity contribution is -0.162. The van der Waals surface area contributed by atoms with Gasteiger partial charge in [0.1, 0.15) is 5.83 Å². The molecule has 0 spiro atoms. The van der Waals surface area contributed by atoms with E-state index in [-0.39, 0.29) is 23.6 Å². The van der Waals surface area contributed by atoms with Gasteiger partial charge in [0.15, 0.2) is 0 Å². The lowest BCUT2D eigenvalue weighted by Gasteiger charge is -2.48. The Balaban J connectivity index is 1.60. The van der Waals surface area contributed by atoms with Gasteiger partial charge in [0.25, 0.3) is 0 Å². The molecule has 4 atom stereocenters. The molecule has 4 unspecified atom stereocenters. The molecule has 0 aromatic heterocycles. The van der Waals surface area contributed by atoms with E-state index in [2.05, 4.69) is 4.90 Å². The van der Waals surface area contributed by atoms with Crippen molar-refractivity contribution in [2.75, 3.05) is 39.8 Å². The molecule has 4 aliphatic rings. The third-order valence-electron chi connectivity index (χ3n) is 9.32. The maximum absolute atomic E-state index is 14.3. The van der Waals surface area contributed by atoms with Gasteiger partial charge in [-0.1, -0.05) is 12.2 Å². The van der Waals surface area contributed by atoms with Gasteiger partial charge in [0.2, 0.25) is 5.91 Å². The summed E-state index contributed by atoms with van der Waals surface area (Å²) in [6.45, 7) is 7.52. The lowest BCUT2D eigenvalue weighted by Crippen LogP contribution is -2.59. The van der Waals surface area contributed by atoms with E-state index in [9.17, 15) is 40.3 Å². The van der Waals surface area contributed by atoms with Gasteiger partial charge < -0.3 is 14.7 Å². The Morgan fingerprint density at radius 2 is 1.68 bits per heavy atom. The predicted octanol–water partition coefficient (Wildman–Crippen LogP) is 6.55. The molecule has 3 amide bonds. The summed E-state index contributed by atoms with van der Waals surface area (Å²) in [7, 11) is 1.39. The highest BCUT2D eigenvalue weighted by atomic mass is 19.4. The van der Waals surface area contributed by atoms with Gasteiger partial charge in [-0.15, -0.1) is 0 Å². The minimum atomic E-state index is -4.97. The van der Waals surface area contributed by atoms with Crippen LogP contribution in [-0.4, -0.2) is 102 Å². The number of hydrogen-bond acceptors (Lipinski definition) is 3. The number of likely N-dealkylation sites (tertiary alicyclic amines) is 1. The largest absolute Gasteiger partial charge is 0.416 e. The summed E-state index contributed by atoms with van der Waals surface area (Å²) < 4.78 is 95.8. The molecule has 44 heavy (non-hydrogen) atoms. The van der Waals surface area contributed by atoms with Gasteiger partial charge >= 0.3 is 18.4 Å². The quantitative estimate of drug-likeness (QED) is 0.331. The van der Waals surface area contributed by atoms with Gasteiger partial charge in [0.05, 0.1) is 23.6 Å². The third-order valence-corrected chi connectivity index (χ3v) is 9.32. The fourth-order valence-electron chi connectivity index (χ4n) is 6.58. The molecular weight excluding hydrogens is 593 g/mol. The van der Waals surface area contributed by atoms with Gasteiger partial charge in [-0.25, -0.2) is 9.18 Å². The number of piperazine rings is 1. The van der Waals surface area contributed by atoms with Crippen LogP contribution < -0.4 is 0 Å². The summed E-state index contributed by atoms with van der Waals surface area (Å²) in [6, 6.07) is -1.97. The van der Waals surface area contributed by atoms with E-state index in [1.54, 1.807) is 22.8 Å². The number of nitrogens with zero attached hydrogens (tertiary/aromatic N) is 4. The molecule has 6 nitrogen and oxygen atoms in total. The zero-order valence-corrected chi connectivity index (χ0v) is 25.3. The van der Waals surface area contributed by atoms with E-state index in [1.165, 1.54) is 37.9 Å². The number of amides is 3. The molecule has 0 radical (unpaired) electrons. The van der Waals surface area contributed by atoms with Crippen LogP contribution in [0.25, 0.3) is 0 Å². The summed E-state index contributed by atoms with van der Waals surface area (Å²) in [5, 5.41) is 0. The second-order valence-electron chi connectivity index (χ2n) is 12.0. The Hall–Kier alpha value is -3.09. The molecule has 2 saturated heterocycles. The van der Waals surface area contributed by atoms with Gasteiger partial charge in [-0.2, -0.15) is 26.3 Å². The monoisotopic (exact) mass is 632 g/mol. The zero-order chi connectivity index (χ0) is 32.6. The van der Waals surface area contributed by atoms with Crippen molar-refractivity contribution in [1.82, 2.24) is 19.6 Å². The molecule has 0 N–H and O–H groups in total. The smallest absolute Gasteiger partial charge is 0.340 e. The molecule has 244 valence electrons. The Labute approximate surface area is 253 Å². The summed E-state index contributed by atoms with van der Waals surface area (Å²) in [6.07, 6.45) is -3.67. The van der Waals surface area contributed by atoms with E-state index in [4.69, 9.17) is 0 Å². The van der Waals surface area contributed by atoms with Crippen LogP contribution in [0.2, 0.25) is 0 Å². The maximum Gasteiger partial charge on any atom is 0.416 e. The first-order valence-electron chi connectivity index (χ1n) is 14.8. The molecule has 2 aliphatic carbocycles. The Kier molecular flexibility index (Phi) is 10.1. The number of allylic oxidation sites excluding steroid dienone is 8. The number of alkyl halides is 6. The average molecular weight is 633 g/mol. The normalized spacial score (nSPS) is 26.5. The van der Waals surface area contributed by atoms with Crippen LogP contribution in [0.3, 0.4) is 0 Å². The molecule has 0 saturated carbocycles. The second-order valence-corrected chi connectivity index (χ2v) is 12.0. The fraction of sp³-hybridized carbons (Fsp3) is 0.613. The molecule has 2 heterocycles. The van der Waals surface area contributed by atoms with Crippen LogP contribution in [-0.2, 0) is 4.79 Å². The first kappa shape index (κ1) is 33.8. The van der Waals surface area contributed by atoms with Crippen LogP contribution in [0.4, 0.5) is 35.5 Å². The van der Waals surface area contributed by atoms with Crippen molar-refractivity contribution in [2.24, 2.45) is 5.92 Å². The summed E-state index contributed by atoms with van der Waals surface area (Å²) in [5.41, 5.74) is -0.0227. The number of carbonyl (C=O) groups is 2. The Morgan fingerprint density at radius 3 is 2.27 bits per heavy atom. The average Bonchev–Trinajstić information content (AvgIpc) is 3.13. The van der Waals surface area contributed by atoms with Crippen LogP contribution >= 0.6 is 0 Å². The zero-order valence-electron chi connectivity index (χ0n) is 25.3. The lowest BCUT2D eigenvalue weighted by atomic mass is 9.85. The van der Waals surface area contributed by atoms with Crippen molar-refractivity contribution >= 4 is 11.9 Å². The predicted molar refractivity (Wildman–Crippen MR) is 152 cm³/mol.